The molecule has 1 nitrogen and oxygen atoms in total. The molecule has 0 spiro atoms. The first kappa shape index (κ1) is 15.2. The van der Waals surface area contributed by atoms with Gasteiger partial charge in [0.1, 0.15) is 12.5 Å². The van der Waals surface area contributed by atoms with Gasteiger partial charge in [0.15, 0.2) is 0 Å². The van der Waals surface area contributed by atoms with E-state index in [1.165, 1.54) is 12.1 Å². The molecule has 16 heavy (non-hydrogen) atoms. The zero-order valence-corrected chi connectivity index (χ0v) is 9.37. The van der Waals surface area contributed by atoms with Crippen LogP contribution in [0.15, 0.2) is 18.2 Å². The molecule has 1 N–H and O–H groups in total. The Morgan fingerprint density at radius 2 is 1.88 bits per heavy atom. The first-order chi connectivity index (χ1) is 7.60. The van der Waals surface area contributed by atoms with Crippen molar-refractivity contribution in [3.8, 4) is 0 Å². The van der Waals surface area contributed by atoms with Gasteiger partial charge in [-0.25, -0.2) is 17.6 Å². The largest absolute Gasteiger partial charge is 0.311 e. The van der Waals surface area contributed by atoms with Crippen LogP contribution in [0.5, 0.6) is 0 Å². The van der Waals surface area contributed by atoms with Crippen LogP contribution < -0.4 is 5.32 Å². The summed E-state index contributed by atoms with van der Waals surface area (Å²) >= 11 is 5.48. The van der Waals surface area contributed by atoms with Gasteiger partial charge in [0.2, 0.25) is 6.93 Å². The summed E-state index contributed by atoms with van der Waals surface area (Å²) in [6.45, 7) is -2.32. The van der Waals surface area contributed by atoms with Gasteiger partial charge in [-0.2, -0.15) is 0 Å². The van der Waals surface area contributed by atoms with Crippen molar-refractivity contribution in [2.45, 2.75) is 6.04 Å². The fourth-order valence-corrected chi connectivity index (χ4v) is 1.18. The summed E-state index contributed by atoms with van der Waals surface area (Å²) in [4.78, 5) is 0. The Morgan fingerprint density at radius 3 is 2.25 bits per heavy atom. The number of hydrogen-bond donors (Lipinski definition) is 1. The molecule has 1 aromatic rings. The van der Waals surface area contributed by atoms with E-state index in [4.69, 9.17) is 11.6 Å². The number of alkyl halides is 3. The highest BCUT2D eigenvalue weighted by molar-refractivity contribution is 6.30. The minimum atomic E-state index is -1.75. The normalized spacial score (nSPS) is 11.6. The smallest absolute Gasteiger partial charge is 0.229 e. The van der Waals surface area contributed by atoms with Gasteiger partial charge < -0.3 is 5.32 Å². The lowest BCUT2D eigenvalue weighted by molar-refractivity contribution is 0.295. The van der Waals surface area contributed by atoms with Gasteiger partial charge in [0.05, 0.1) is 11.1 Å². The predicted molar refractivity (Wildman–Crippen MR) is 56.3 cm³/mol. The molecule has 0 saturated carbocycles. The molecule has 0 aromatic heterocycles. The lowest BCUT2D eigenvalue weighted by atomic mass is 10.1. The number of hydrogen-bond acceptors (Lipinski definition) is 1. The highest BCUT2D eigenvalue weighted by Gasteiger charge is 2.10. The zero-order valence-electron chi connectivity index (χ0n) is 8.61. The molecule has 0 bridgehead atoms. The van der Waals surface area contributed by atoms with Gasteiger partial charge in [-0.15, -0.1) is 0 Å². The van der Waals surface area contributed by atoms with Crippen molar-refractivity contribution in [1.82, 2.24) is 5.32 Å². The van der Waals surface area contributed by atoms with Crippen molar-refractivity contribution >= 4 is 11.6 Å². The van der Waals surface area contributed by atoms with Gasteiger partial charge in [0, 0.05) is 0 Å². The molecule has 1 rings (SSSR count). The second-order valence-corrected chi connectivity index (χ2v) is 3.18. The van der Waals surface area contributed by atoms with Gasteiger partial charge in [0.25, 0.3) is 0 Å². The van der Waals surface area contributed by atoms with E-state index < -0.39 is 25.5 Å². The van der Waals surface area contributed by atoms with Crippen molar-refractivity contribution in [2.24, 2.45) is 0 Å². The lowest BCUT2D eigenvalue weighted by Gasteiger charge is -2.12. The lowest BCUT2D eigenvalue weighted by Crippen LogP contribution is -2.18. The fourth-order valence-electron chi connectivity index (χ4n) is 1.06. The van der Waals surface area contributed by atoms with Crippen LogP contribution in [0.2, 0.25) is 5.02 Å². The molecular formula is C10H12ClF4N. The molecule has 0 heterocycles. The van der Waals surface area contributed by atoms with Crippen molar-refractivity contribution in [3.05, 3.63) is 34.6 Å². The third kappa shape index (κ3) is 4.81. The molecular weight excluding hydrogens is 246 g/mol. The van der Waals surface area contributed by atoms with E-state index in [1.54, 1.807) is 13.1 Å². The number of nitrogens with one attached hydrogen (secondary N) is 1. The van der Waals surface area contributed by atoms with Gasteiger partial charge in [-0.1, -0.05) is 17.7 Å². The molecule has 1 atom stereocenters. The summed E-state index contributed by atoms with van der Waals surface area (Å²) in [7, 11) is 1.62. The first-order valence-corrected chi connectivity index (χ1v) is 4.78. The summed E-state index contributed by atoms with van der Waals surface area (Å²) < 4.78 is 44.5. The first-order valence-electron chi connectivity index (χ1n) is 4.40. The SMILES string of the molecule is CNC(CF)c1ccc(Cl)c(F)c1.FCF. The molecule has 0 aliphatic rings. The van der Waals surface area contributed by atoms with Crippen LogP contribution in [0.4, 0.5) is 17.6 Å². The Kier molecular flexibility index (Phi) is 7.93. The maximum atomic E-state index is 12.9. The standard InChI is InChI=1S/C9H10ClF2N.CH2F2/c1-13-9(5-11)6-2-3-7(10)8(12)4-6;2-1-3/h2-4,9,13H,5H2,1H3;1H2. The molecule has 1 unspecified atom stereocenters. The topological polar surface area (TPSA) is 12.0 Å². The summed E-state index contributed by atoms with van der Waals surface area (Å²) in [5.74, 6) is -0.520. The van der Waals surface area contributed by atoms with Crippen molar-refractivity contribution in [3.63, 3.8) is 0 Å². The Bertz CT molecular complexity index is 305. The van der Waals surface area contributed by atoms with Crippen LogP contribution in [0.25, 0.3) is 0 Å². The number of benzene rings is 1. The number of halogens is 5. The molecule has 0 radical (unpaired) electrons. The molecule has 0 saturated heterocycles. The Hall–Kier alpha value is -0.810. The third-order valence-electron chi connectivity index (χ3n) is 1.85. The van der Waals surface area contributed by atoms with E-state index in [0.29, 0.717) is 5.56 Å². The highest BCUT2D eigenvalue weighted by Crippen LogP contribution is 2.20. The molecule has 1 aromatic carbocycles. The van der Waals surface area contributed by atoms with Gasteiger partial charge in [-0.05, 0) is 24.7 Å². The Labute approximate surface area is 96.4 Å². The molecule has 0 aliphatic carbocycles. The average molecular weight is 258 g/mol. The second-order valence-electron chi connectivity index (χ2n) is 2.77. The van der Waals surface area contributed by atoms with Crippen molar-refractivity contribution < 1.29 is 17.6 Å². The minimum absolute atomic E-state index is 0.0532. The quantitative estimate of drug-likeness (QED) is 0.816. The Morgan fingerprint density at radius 1 is 1.31 bits per heavy atom. The average Bonchev–Trinajstić information content (AvgIpc) is 2.26. The van der Waals surface area contributed by atoms with Crippen LogP contribution in [-0.2, 0) is 0 Å². The van der Waals surface area contributed by atoms with Crippen molar-refractivity contribution in [1.29, 1.82) is 0 Å². The van der Waals surface area contributed by atoms with Gasteiger partial charge in [-0.3, -0.25) is 0 Å². The molecule has 92 valence electrons. The summed E-state index contributed by atoms with van der Waals surface area (Å²) in [6, 6.07) is 3.80. The molecule has 0 fully saturated rings. The third-order valence-corrected chi connectivity index (χ3v) is 2.16. The summed E-state index contributed by atoms with van der Waals surface area (Å²) in [5.41, 5.74) is 0.562. The highest BCUT2D eigenvalue weighted by atomic mass is 35.5. The zero-order chi connectivity index (χ0) is 12.6. The van der Waals surface area contributed by atoms with Crippen LogP contribution >= 0.6 is 11.6 Å². The van der Waals surface area contributed by atoms with E-state index in [9.17, 15) is 17.6 Å². The van der Waals surface area contributed by atoms with Crippen LogP contribution in [0, 0.1) is 5.82 Å². The molecule has 0 amide bonds. The maximum absolute atomic E-state index is 12.9. The van der Waals surface area contributed by atoms with E-state index in [1.807, 2.05) is 0 Å². The van der Waals surface area contributed by atoms with Crippen LogP contribution in [0.3, 0.4) is 0 Å². The van der Waals surface area contributed by atoms with Gasteiger partial charge >= 0.3 is 0 Å². The minimum Gasteiger partial charge on any atom is -0.311 e. The van der Waals surface area contributed by atoms with E-state index in [0.717, 1.165) is 0 Å². The molecule has 6 heteroatoms. The summed E-state index contributed by atoms with van der Waals surface area (Å²) in [5, 5.41) is 2.78. The summed E-state index contributed by atoms with van der Waals surface area (Å²) in [6.07, 6.45) is 0. The van der Waals surface area contributed by atoms with E-state index >= 15 is 0 Å². The second kappa shape index (κ2) is 8.35. The maximum Gasteiger partial charge on any atom is 0.229 e. The molecule has 0 aliphatic heterocycles. The van der Waals surface area contributed by atoms with Crippen LogP contribution in [0.1, 0.15) is 11.6 Å². The van der Waals surface area contributed by atoms with Crippen LogP contribution in [-0.4, -0.2) is 20.7 Å². The predicted octanol–water partition coefficient (Wildman–Crippen LogP) is 3.59. The van der Waals surface area contributed by atoms with E-state index in [-0.39, 0.29) is 5.02 Å². The monoisotopic (exact) mass is 257 g/mol. The number of rotatable bonds is 3. The van der Waals surface area contributed by atoms with Crippen molar-refractivity contribution in [2.75, 3.05) is 20.7 Å². The Balaban J connectivity index is 0.000000673. The van der Waals surface area contributed by atoms with E-state index in [2.05, 4.69) is 5.32 Å². The fraction of sp³-hybridized carbons (Fsp3) is 0.400.